The molecule has 13 heteroatoms. The van der Waals surface area contributed by atoms with Crippen LogP contribution in [-0.2, 0) is 23.5 Å². The van der Waals surface area contributed by atoms with Crippen LogP contribution in [0.15, 0.2) is 24.4 Å². The molecule has 11 nitrogen and oxygen atoms in total. The summed E-state index contributed by atoms with van der Waals surface area (Å²) in [7, 11) is -2.23. The van der Waals surface area contributed by atoms with Gasteiger partial charge in [-0.15, -0.1) is 0 Å². The Hall–Kier alpha value is -3.60. The maximum atomic E-state index is 14.2. The zero-order valence-electron chi connectivity index (χ0n) is 17.6. The van der Waals surface area contributed by atoms with Gasteiger partial charge >= 0.3 is 0 Å². The SMILES string of the molecule is C[C@H]1Oc2nc(cnc2N)-c2c(nn(C)c2C#N)CC2C(NNS2(=O)=O)c2ccc(F)cc21. The number of benzene rings is 1. The fourth-order valence-electron chi connectivity index (χ4n) is 4.31. The van der Waals surface area contributed by atoms with Crippen LogP contribution >= 0.6 is 0 Å². The number of nitrogens with one attached hydrogen (secondary N) is 2. The number of nitriles is 1. The van der Waals surface area contributed by atoms with Crippen molar-refractivity contribution in [3.63, 3.8) is 0 Å². The largest absolute Gasteiger partial charge is 0.467 e. The standard InChI is InChI=1S/C20H19FN8O3S/c1-9-12-5-10(21)3-4-11(12)18-16(33(30,31)28-26-18)6-13-17(15(7-22)29(2)27-13)14-8-24-19(23)20(25-14)32-9/h3-5,8-9,16,18,26,28H,6H2,1-2H3,(H2,23,24)/t9-,16?,18?/m1/s1. The van der Waals surface area contributed by atoms with Crippen molar-refractivity contribution in [3.05, 3.63) is 52.7 Å². The second-order valence-electron chi connectivity index (χ2n) is 7.90. The lowest BCUT2D eigenvalue weighted by Gasteiger charge is -2.24. The Morgan fingerprint density at radius 1 is 1.36 bits per heavy atom. The molecule has 2 aliphatic rings. The van der Waals surface area contributed by atoms with Crippen molar-refractivity contribution >= 4 is 15.8 Å². The Labute approximate surface area is 188 Å². The summed E-state index contributed by atoms with van der Waals surface area (Å²) < 4.78 is 47.4. The minimum Gasteiger partial charge on any atom is -0.467 e. The van der Waals surface area contributed by atoms with Crippen LogP contribution in [0.1, 0.15) is 41.6 Å². The molecule has 1 aromatic carbocycles. The second-order valence-corrected chi connectivity index (χ2v) is 9.80. The fraction of sp³-hybridized carbons (Fsp3) is 0.300. The van der Waals surface area contributed by atoms with Gasteiger partial charge in [0.1, 0.15) is 28.9 Å². The molecule has 3 atom stereocenters. The van der Waals surface area contributed by atoms with Crippen molar-refractivity contribution in [3.8, 4) is 23.2 Å². The molecule has 2 aromatic heterocycles. The first kappa shape index (κ1) is 21.3. The number of fused-ring (bicyclic) bond motifs is 7. The van der Waals surface area contributed by atoms with Crippen molar-refractivity contribution in [1.29, 1.82) is 5.26 Å². The zero-order chi connectivity index (χ0) is 23.5. The number of nitrogens with two attached hydrogens (primary N) is 1. The van der Waals surface area contributed by atoms with Crippen LogP contribution < -0.4 is 20.7 Å². The van der Waals surface area contributed by atoms with Crippen molar-refractivity contribution in [1.82, 2.24) is 30.0 Å². The third-order valence-corrected chi connectivity index (χ3v) is 7.52. The molecule has 2 bridgehead atoms. The summed E-state index contributed by atoms with van der Waals surface area (Å²) in [6.07, 6.45) is 0.604. The van der Waals surface area contributed by atoms with E-state index in [9.17, 15) is 18.1 Å². The molecule has 2 aliphatic heterocycles. The lowest BCUT2D eigenvalue weighted by Crippen LogP contribution is -2.28. The number of halogens is 1. The van der Waals surface area contributed by atoms with Crippen molar-refractivity contribution in [2.75, 3.05) is 5.73 Å². The minimum absolute atomic E-state index is 0.0103. The number of hydrazine groups is 1. The lowest BCUT2D eigenvalue weighted by molar-refractivity contribution is 0.215. The molecule has 5 rings (SSSR count). The number of sulfonamides is 1. The predicted octanol–water partition coefficient (Wildman–Crippen LogP) is 1.01. The molecule has 0 spiro atoms. The molecule has 33 heavy (non-hydrogen) atoms. The summed E-state index contributed by atoms with van der Waals surface area (Å²) in [5.74, 6) is -0.470. The molecule has 2 unspecified atom stereocenters. The summed E-state index contributed by atoms with van der Waals surface area (Å²) in [4.78, 5) is 10.9. The number of rotatable bonds is 0. The first-order chi connectivity index (χ1) is 15.7. The maximum absolute atomic E-state index is 14.2. The highest BCUT2D eigenvalue weighted by molar-refractivity contribution is 7.90. The fourth-order valence-corrected chi connectivity index (χ4v) is 5.70. The van der Waals surface area contributed by atoms with E-state index in [1.807, 2.05) is 0 Å². The van der Waals surface area contributed by atoms with E-state index in [0.717, 1.165) is 0 Å². The van der Waals surface area contributed by atoms with E-state index in [2.05, 4.69) is 31.4 Å². The Morgan fingerprint density at radius 3 is 2.91 bits per heavy atom. The van der Waals surface area contributed by atoms with Crippen LogP contribution in [0.3, 0.4) is 0 Å². The van der Waals surface area contributed by atoms with E-state index in [1.165, 1.54) is 29.1 Å². The van der Waals surface area contributed by atoms with Crippen molar-refractivity contribution < 1.29 is 17.5 Å². The molecule has 0 aliphatic carbocycles. The number of nitrogen functional groups attached to an aromatic ring is 1. The second kappa shape index (κ2) is 7.48. The van der Waals surface area contributed by atoms with E-state index in [-0.39, 0.29) is 29.5 Å². The molecule has 0 saturated carbocycles. The first-order valence-corrected chi connectivity index (χ1v) is 11.5. The number of aromatic nitrogens is 4. The number of ether oxygens (including phenoxy) is 1. The maximum Gasteiger partial charge on any atom is 0.258 e. The topological polar surface area (TPSA) is 161 Å². The summed E-state index contributed by atoms with van der Waals surface area (Å²) >= 11 is 0. The average molecular weight is 470 g/mol. The number of nitrogens with zero attached hydrogens (tertiary/aromatic N) is 5. The molecular formula is C20H19FN8O3S. The number of anilines is 1. The van der Waals surface area contributed by atoms with Crippen LogP contribution in [0.2, 0.25) is 0 Å². The van der Waals surface area contributed by atoms with Crippen LogP contribution in [0, 0.1) is 17.1 Å². The Balaban J connectivity index is 1.81. The van der Waals surface area contributed by atoms with Gasteiger partial charge in [-0.25, -0.2) is 28.2 Å². The lowest BCUT2D eigenvalue weighted by atomic mass is 9.92. The summed E-state index contributed by atoms with van der Waals surface area (Å²) in [6.45, 7) is 1.68. The molecule has 0 radical (unpaired) electrons. The Morgan fingerprint density at radius 2 is 2.15 bits per heavy atom. The molecule has 4 N–H and O–H groups in total. The molecule has 3 aromatic rings. The minimum atomic E-state index is -3.82. The molecule has 170 valence electrons. The molecule has 4 heterocycles. The van der Waals surface area contributed by atoms with Gasteiger partial charge in [0.25, 0.3) is 5.88 Å². The van der Waals surface area contributed by atoms with E-state index in [0.29, 0.717) is 22.4 Å². The van der Waals surface area contributed by atoms with Gasteiger partial charge in [0.15, 0.2) is 5.82 Å². The summed E-state index contributed by atoms with van der Waals surface area (Å²) in [5.41, 5.74) is 10.9. The van der Waals surface area contributed by atoms with Gasteiger partial charge in [-0.3, -0.25) is 4.68 Å². The van der Waals surface area contributed by atoms with Gasteiger partial charge in [-0.05, 0) is 30.2 Å². The van der Waals surface area contributed by atoms with E-state index < -0.39 is 33.2 Å². The Kier molecular flexibility index (Phi) is 4.82. The first-order valence-electron chi connectivity index (χ1n) is 10.0. The quantitative estimate of drug-likeness (QED) is 0.435. The van der Waals surface area contributed by atoms with Gasteiger partial charge in [-0.2, -0.15) is 15.2 Å². The summed E-state index contributed by atoms with van der Waals surface area (Å²) in [6, 6.07) is 5.43. The third kappa shape index (κ3) is 3.39. The van der Waals surface area contributed by atoms with Gasteiger partial charge in [0.2, 0.25) is 10.0 Å². The number of hydrogen-bond acceptors (Lipinski definition) is 9. The van der Waals surface area contributed by atoms with Crippen molar-refractivity contribution in [2.45, 2.75) is 30.7 Å². The van der Waals surface area contributed by atoms with Gasteiger partial charge in [-0.1, -0.05) is 6.07 Å². The highest BCUT2D eigenvalue weighted by Crippen LogP contribution is 2.38. The average Bonchev–Trinajstić information content (AvgIpc) is 3.24. The Bertz CT molecular complexity index is 1430. The smallest absolute Gasteiger partial charge is 0.258 e. The number of hydrogen-bond donors (Lipinski definition) is 3. The predicted molar refractivity (Wildman–Crippen MR) is 114 cm³/mol. The molecule has 0 amide bonds. The normalized spacial score (nSPS) is 23.2. The van der Waals surface area contributed by atoms with Crippen LogP contribution in [0.25, 0.3) is 11.3 Å². The summed E-state index contributed by atoms with van der Waals surface area (Å²) in [5, 5.41) is 13.1. The van der Waals surface area contributed by atoms with E-state index >= 15 is 0 Å². The van der Waals surface area contributed by atoms with Gasteiger partial charge in [0.05, 0.1) is 29.2 Å². The molecular weight excluding hydrogens is 451 g/mol. The van der Waals surface area contributed by atoms with Gasteiger partial charge < -0.3 is 10.5 Å². The number of aryl methyl sites for hydroxylation is 1. The highest BCUT2D eigenvalue weighted by Gasteiger charge is 2.43. The van der Waals surface area contributed by atoms with Crippen LogP contribution in [0.4, 0.5) is 10.2 Å². The van der Waals surface area contributed by atoms with E-state index in [1.54, 1.807) is 14.0 Å². The molecule has 1 fully saturated rings. The highest BCUT2D eigenvalue weighted by atomic mass is 32.2. The van der Waals surface area contributed by atoms with Crippen LogP contribution in [-0.4, -0.2) is 33.4 Å². The van der Waals surface area contributed by atoms with Crippen LogP contribution in [0.5, 0.6) is 5.88 Å². The third-order valence-electron chi connectivity index (χ3n) is 5.88. The monoisotopic (exact) mass is 470 g/mol. The van der Waals surface area contributed by atoms with Crippen molar-refractivity contribution in [2.24, 2.45) is 7.05 Å². The van der Waals surface area contributed by atoms with Gasteiger partial charge in [0, 0.05) is 13.5 Å². The van der Waals surface area contributed by atoms with E-state index in [4.69, 9.17) is 10.5 Å². The zero-order valence-corrected chi connectivity index (χ0v) is 18.4. The molecule has 1 saturated heterocycles.